The predicted octanol–water partition coefficient (Wildman–Crippen LogP) is 5.43. The van der Waals surface area contributed by atoms with Gasteiger partial charge in [-0.1, -0.05) is 74.1 Å². The fraction of sp³-hybridized carbons (Fsp3) is 0.226. The largest absolute Gasteiger partial charge is 0.319 e. The van der Waals surface area contributed by atoms with Gasteiger partial charge in [-0.2, -0.15) is 0 Å². The summed E-state index contributed by atoms with van der Waals surface area (Å²) in [5.41, 5.74) is 3.34. The van der Waals surface area contributed by atoms with Crippen molar-refractivity contribution >= 4 is 34.3 Å². The summed E-state index contributed by atoms with van der Waals surface area (Å²) in [5, 5.41) is 3.10. The molecule has 0 fully saturated rings. The van der Waals surface area contributed by atoms with E-state index in [0.29, 0.717) is 27.4 Å². The van der Waals surface area contributed by atoms with Crippen LogP contribution in [0, 0.1) is 6.92 Å². The van der Waals surface area contributed by atoms with E-state index in [1.807, 2.05) is 66.7 Å². The van der Waals surface area contributed by atoms with Gasteiger partial charge in [-0.3, -0.25) is 23.6 Å². The number of benzene rings is 3. The maximum atomic E-state index is 13.8. The molecule has 1 amide bonds. The second-order valence-electron chi connectivity index (χ2n) is 9.95. The van der Waals surface area contributed by atoms with E-state index in [9.17, 15) is 14.4 Å². The Kier molecular flexibility index (Phi) is 7.49. The Morgan fingerprint density at radius 2 is 1.52 bits per heavy atom. The van der Waals surface area contributed by atoms with Crippen LogP contribution in [0.4, 0.5) is 5.69 Å². The molecule has 8 nitrogen and oxygen atoms in total. The number of fused-ring (bicyclic) bond motifs is 1. The third kappa shape index (κ3) is 4.88. The second kappa shape index (κ2) is 11.0. The first-order valence-electron chi connectivity index (χ1n) is 13.1. The van der Waals surface area contributed by atoms with Gasteiger partial charge in [0.2, 0.25) is 5.91 Å². The predicted molar refractivity (Wildman–Crippen MR) is 161 cm³/mol. The summed E-state index contributed by atoms with van der Waals surface area (Å²) in [6.45, 7) is 7.69. The normalized spacial score (nSPS) is 12.2. The van der Waals surface area contributed by atoms with Crippen LogP contribution in [0.25, 0.3) is 22.3 Å². The molecular formula is C31H31N5O3S. The molecular weight excluding hydrogens is 522 g/mol. The summed E-state index contributed by atoms with van der Waals surface area (Å²) in [7, 11) is 1.78. The first-order chi connectivity index (χ1) is 19.2. The molecule has 2 aromatic heterocycles. The number of para-hydroxylation sites is 3. The minimum Gasteiger partial charge on any atom is -0.319 e. The monoisotopic (exact) mass is 553 g/mol. The Hall–Kier alpha value is -4.37. The van der Waals surface area contributed by atoms with Gasteiger partial charge < -0.3 is 5.32 Å². The van der Waals surface area contributed by atoms with Crippen molar-refractivity contribution in [2.75, 3.05) is 5.32 Å². The molecule has 204 valence electrons. The van der Waals surface area contributed by atoms with Crippen LogP contribution < -0.4 is 16.4 Å². The molecule has 0 saturated heterocycles. The standard InChI is InChI=1S/C31H31N5O3S/c1-19(2)23-15-10-12-18-26(23)35-29(38)24-16-9-11-17-25(24)32-31(35)40-21(4)28(37)33-27-20(3)34(5)36(30(27)39)22-13-7-6-8-14-22/h6-19,21H,1-5H3,(H,33,37). The zero-order valence-corrected chi connectivity index (χ0v) is 23.9. The molecule has 0 aliphatic rings. The Balaban J connectivity index is 1.53. The van der Waals surface area contributed by atoms with E-state index in [-0.39, 0.29) is 28.6 Å². The van der Waals surface area contributed by atoms with Crippen molar-refractivity contribution in [2.45, 2.75) is 44.0 Å². The van der Waals surface area contributed by atoms with Gasteiger partial charge in [0.05, 0.1) is 33.2 Å². The lowest BCUT2D eigenvalue weighted by atomic mass is 10.0. The highest BCUT2D eigenvalue weighted by atomic mass is 32.2. The number of rotatable bonds is 7. The lowest BCUT2D eigenvalue weighted by molar-refractivity contribution is -0.115. The number of carbonyl (C=O) groups is 1. The van der Waals surface area contributed by atoms with Crippen LogP contribution in [0.3, 0.4) is 0 Å². The molecule has 0 saturated carbocycles. The number of amides is 1. The number of hydrogen-bond acceptors (Lipinski definition) is 5. The third-order valence-corrected chi connectivity index (χ3v) is 8.05. The lowest BCUT2D eigenvalue weighted by Gasteiger charge is -2.19. The number of hydrogen-bond donors (Lipinski definition) is 1. The molecule has 0 spiro atoms. The Labute approximate surface area is 236 Å². The highest BCUT2D eigenvalue weighted by Crippen LogP contribution is 2.29. The van der Waals surface area contributed by atoms with Crippen molar-refractivity contribution in [3.63, 3.8) is 0 Å². The highest BCUT2D eigenvalue weighted by molar-refractivity contribution is 8.00. The Bertz CT molecular complexity index is 1840. The Morgan fingerprint density at radius 3 is 2.25 bits per heavy atom. The molecule has 3 aromatic carbocycles. The van der Waals surface area contributed by atoms with Gasteiger partial charge in [0.15, 0.2) is 5.16 Å². The fourth-order valence-corrected chi connectivity index (χ4v) is 5.65. The van der Waals surface area contributed by atoms with Crippen molar-refractivity contribution in [1.82, 2.24) is 18.9 Å². The zero-order chi connectivity index (χ0) is 28.6. The van der Waals surface area contributed by atoms with Gasteiger partial charge in [0, 0.05) is 7.05 Å². The van der Waals surface area contributed by atoms with E-state index in [2.05, 4.69) is 19.2 Å². The number of nitrogens with zero attached hydrogens (tertiary/aromatic N) is 4. The third-order valence-electron chi connectivity index (χ3n) is 7.00. The second-order valence-corrected chi connectivity index (χ2v) is 11.3. The minimum atomic E-state index is -0.658. The summed E-state index contributed by atoms with van der Waals surface area (Å²) in [4.78, 5) is 45.4. The van der Waals surface area contributed by atoms with E-state index < -0.39 is 5.25 Å². The van der Waals surface area contributed by atoms with E-state index in [1.165, 1.54) is 16.4 Å². The molecule has 0 aliphatic carbocycles. The van der Waals surface area contributed by atoms with E-state index in [0.717, 1.165) is 11.3 Å². The van der Waals surface area contributed by atoms with Crippen LogP contribution in [-0.2, 0) is 11.8 Å². The molecule has 9 heteroatoms. The van der Waals surface area contributed by atoms with E-state index in [1.54, 1.807) is 42.3 Å². The van der Waals surface area contributed by atoms with Crippen molar-refractivity contribution in [1.29, 1.82) is 0 Å². The number of nitrogens with one attached hydrogen (secondary N) is 1. The molecule has 1 atom stereocenters. The summed E-state index contributed by atoms with van der Waals surface area (Å²) >= 11 is 1.19. The van der Waals surface area contributed by atoms with Crippen molar-refractivity contribution in [2.24, 2.45) is 7.05 Å². The molecule has 1 N–H and O–H groups in total. The van der Waals surface area contributed by atoms with Gasteiger partial charge in [-0.05, 0) is 55.7 Å². The summed E-state index contributed by atoms with van der Waals surface area (Å²) in [5.74, 6) is -0.192. The first kappa shape index (κ1) is 27.2. The molecule has 5 rings (SSSR count). The van der Waals surface area contributed by atoms with Crippen LogP contribution in [0.15, 0.2) is 93.6 Å². The van der Waals surface area contributed by atoms with Gasteiger partial charge in [0.1, 0.15) is 5.69 Å². The highest BCUT2D eigenvalue weighted by Gasteiger charge is 2.25. The average molecular weight is 554 g/mol. The van der Waals surface area contributed by atoms with Crippen molar-refractivity contribution in [3.05, 3.63) is 111 Å². The zero-order valence-electron chi connectivity index (χ0n) is 23.1. The smallest absolute Gasteiger partial charge is 0.295 e. The van der Waals surface area contributed by atoms with Crippen LogP contribution in [0.2, 0.25) is 0 Å². The number of aromatic nitrogens is 4. The van der Waals surface area contributed by atoms with Crippen LogP contribution >= 0.6 is 11.8 Å². The summed E-state index contributed by atoms with van der Waals surface area (Å²) in [6.07, 6.45) is 0. The quantitative estimate of drug-likeness (QED) is 0.215. The van der Waals surface area contributed by atoms with Crippen LogP contribution in [-0.4, -0.2) is 30.1 Å². The maximum absolute atomic E-state index is 13.8. The first-order valence-corrected chi connectivity index (χ1v) is 14.0. The number of anilines is 1. The number of thioether (sulfide) groups is 1. The average Bonchev–Trinajstić information content (AvgIpc) is 3.16. The molecule has 0 radical (unpaired) electrons. The SMILES string of the molecule is Cc1c(NC(=O)C(C)Sc2nc3ccccc3c(=O)n2-c2ccccc2C(C)C)c(=O)n(-c2ccccc2)n1C. The molecule has 40 heavy (non-hydrogen) atoms. The molecule has 0 aliphatic heterocycles. The Morgan fingerprint density at radius 1 is 0.875 bits per heavy atom. The molecule has 1 unspecified atom stereocenters. The van der Waals surface area contributed by atoms with Gasteiger partial charge >= 0.3 is 0 Å². The number of carbonyl (C=O) groups excluding carboxylic acids is 1. The minimum absolute atomic E-state index is 0.168. The van der Waals surface area contributed by atoms with Crippen molar-refractivity contribution < 1.29 is 4.79 Å². The summed E-state index contributed by atoms with van der Waals surface area (Å²) < 4.78 is 4.84. The van der Waals surface area contributed by atoms with E-state index >= 15 is 0 Å². The summed E-state index contributed by atoms with van der Waals surface area (Å²) in [6, 6.07) is 24.2. The molecule has 5 aromatic rings. The molecule has 0 bridgehead atoms. The van der Waals surface area contributed by atoms with Crippen LogP contribution in [0.5, 0.6) is 0 Å². The van der Waals surface area contributed by atoms with Gasteiger partial charge in [-0.15, -0.1) is 0 Å². The fourth-order valence-electron chi connectivity index (χ4n) is 4.73. The van der Waals surface area contributed by atoms with Crippen molar-refractivity contribution in [3.8, 4) is 11.4 Å². The lowest BCUT2D eigenvalue weighted by Crippen LogP contribution is -2.29. The van der Waals surface area contributed by atoms with Crippen LogP contribution in [0.1, 0.15) is 37.9 Å². The van der Waals surface area contributed by atoms with Gasteiger partial charge in [0.25, 0.3) is 11.1 Å². The maximum Gasteiger partial charge on any atom is 0.295 e. The van der Waals surface area contributed by atoms with E-state index in [4.69, 9.17) is 4.98 Å². The topological polar surface area (TPSA) is 90.9 Å². The molecule has 2 heterocycles. The van der Waals surface area contributed by atoms with Gasteiger partial charge in [-0.25, -0.2) is 9.67 Å².